The van der Waals surface area contributed by atoms with E-state index in [0.717, 1.165) is 6.07 Å². The van der Waals surface area contributed by atoms with Gasteiger partial charge < -0.3 is 10.8 Å². The highest BCUT2D eigenvalue weighted by molar-refractivity contribution is 7.89. The Hall–Kier alpha value is -1.25. The number of aliphatic hydroxyl groups excluding tert-OH is 1. The first-order valence-electron chi connectivity index (χ1n) is 6.24. The zero-order valence-corrected chi connectivity index (χ0v) is 11.5. The summed E-state index contributed by atoms with van der Waals surface area (Å²) in [5, 5.41) is 9.36. The minimum Gasteiger partial charge on any atom is -0.396 e. The maximum atomic E-state index is 13.6. The number of sulfonamides is 1. The Bertz CT molecular complexity index is 599. The van der Waals surface area contributed by atoms with Gasteiger partial charge in [0.1, 0.15) is 16.5 Å². The molecule has 1 aliphatic rings. The number of nitrogen functional groups attached to an aromatic ring is 1. The van der Waals surface area contributed by atoms with E-state index in [-0.39, 0.29) is 6.04 Å². The second-order valence-electron chi connectivity index (χ2n) is 4.93. The van der Waals surface area contributed by atoms with Crippen molar-refractivity contribution in [2.24, 2.45) is 0 Å². The molecule has 0 radical (unpaired) electrons. The fraction of sp³-hybridized carbons (Fsp3) is 0.500. The first-order valence-corrected chi connectivity index (χ1v) is 7.73. The lowest BCUT2D eigenvalue weighted by molar-refractivity contribution is 0.120. The number of hydrogen-bond acceptors (Lipinski definition) is 4. The van der Waals surface area contributed by atoms with Crippen molar-refractivity contribution in [3.05, 3.63) is 23.8 Å². The topological polar surface area (TPSA) is 92.4 Å². The summed E-state index contributed by atoms with van der Waals surface area (Å²) in [7, 11) is -4.10. The van der Waals surface area contributed by atoms with E-state index >= 15 is 0 Å². The van der Waals surface area contributed by atoms with Crippen molar-refractivity contribution in [3.63, 3.8) is 0 Å². The van der Waals surface area contributed by atoms with Crippen molar-refractivity contribution >= 4 is 15.7 Å². The van der Waals surface area contributed by atoms with Gasteiger partial charge in [-0.05, 0) is 31.7 Å². The second kappa shape index (κ2) is 5.63. The SMILES string of the molecule is Nc1cc(S(=O)(=O)NC2CCC(O)CC2)c(F)cc1F. The fourth-order valence-corrected chi connectivity index (χ4v) is 3.63. The molecular weight excluding hydrogens is 290 g/mol. The van der Waals surface area contributed by atoms with Crippen molar-refractivity contribution in [1.29, 1.82) is 0 Å². The highest BCUT2D eigenvalue weighted by Gasteiger charge is 2.27. The smallest absolute Gasteiger partial charge is 0.243 e. The number of nitrogens with two attached hydrogens (primary N) is 1. The summed E-state index contributed by atoms with van der Waals surface area (Å²) >= 11 is 0. The maximum Gasteiger partial charge on any atom is 0.243 e. The van der Waals surface area contributed by atoms with Crippen molar-refractivity contribution in [2.75, 3.05) is 5.73 Å². The molecule has 0 heterocycles. The molecule has 1 saturated carbocycles. The van der Waals surface area contributed by atoms with Crippen LogP contribution in [0.4, 0.5) is 14.5 Å². The van der Waals surface area contributed by atoms with Crippen LogP contribution < -0.4 is 10.5 Å². The van der Waals surface area contributed by atoms with Crippen LogP contribution in [0.15, 0.2) is 17.0 Å². The number of anilines is 1. The van der Waals surface area contributed by atoms with E-state index in [1.54, 1.807) is 0 Å². The van der Waals surface area contributed by atoms with Crippen LogP contribution >= 0.6 is 0 Å². The van der Waals surface area contributed by atoms with Gasteiger partial charge in [0.15, 0.2) is 0 Å². The van der Waals surface area contributed by atoms with Crippen LogP contribution in [0.3, 0.4) is 0 Å². The van der Waals surface area contributed by atoms with E-state index in [4.69, 9.17) is 5.73 Å². The van der Waals surface area contributed by atoms with Crippen LogP contribution in [0.25, 0.3) is 0 Å². The molecule has 2 rings (SSSR count). The third-order valence-corrected chi connectivity index (χ3v) is 4.89. The van der Waals surface area contributed by atoms with Crippen LogP contribution in [0.1, 0.15) is 25.7 Å². The highest BCUT2D eigenvalue weighted by Crippen LogP contribution is 2.24. The third-order valence-electron chi connectivity index (χ3n) is 3.36. The van der Waals surface area contributed by atoms with Gasteiger partial charge in [0, 0.05) is 12.1 Å². The quantitative estimate of drug-likeness (QED) is 0.730. The second-order valence-corrected chi connectivity index (χ2v) is 6.61. The minimum atomic E-state index is -4.10. The fourth-order valence-electron chi connectivity index (χ4n) is 2.23. The molecule has 4 N–H and O–H groups in total. The molecule has 0 bridgehead atoms. The Labute approximate surface area is 115 Å². The average molecular weight is 306 g/mol. The Morgan fingerprint density at radius 2 is 1.75 bits per heavy atom. The van der Waals surface area contributed by atoms with Crippen LogP contribution in [0, 0.1) is 11.6 Å². The molecule has 112 valence electrons. The Morgan fingerprint density at radius 1 is 1.15 bits per heavy atom. The van der Waals surface area contributed by atoms with E-state index in [9.17, 15) is 22.3 Å². The molecule has 0 amide bonds. The molecular formula is C12H16F2N2O3S. The molecule has 0 spiro atoms. The van der Waals surface area contributed by atoms with Gasteiger partial charge >= 0.3 is 0 Å². The van der Waals surface area contributed by atoms with E-state index in [1.807, 2.05) is 0 Å². The van der Waals surface area contributed by atoms with Crippen LogP contribution in [-0.4, -0.2) is 25.7 Å². The third kappa shape index (κ3) is 3.25. The monoisotopic (exact) mass is 306 g/mol. The lowest BCUT2D eigenvalue weighted by Crippen LogP contribution is -2.38. The predicted molar refractivity (Wildman–Crippen MR) is 69.4 cm³/mol. The summed E-state index contributed by atoms with van der Waals surface area (Å²) in [6.45, 7) is 0. The zero-order chi connectivity index (χ0) is 14.9. The number of halogens is 2. The molecule has 1 aromatic carbocycles. The summed E-state index contributed by atoms with van der Waals surface area (Å²) in [6.07, 6.45) is 1.49. The van der Waals surface area contributed by atoms with Crippen molar-refractivity contribution in [1.82, 2.24) is 4.72 Å². The van der Waals surface area contributed by atoms with Gasteiger partial charge in [-0.2, -0.15) is 0 Å². The summed E-state index contributed by atoms with van der Waals surface area (Å²) < 4.78 is 53.1. The number of rotatable bonds is 3. The maximum absolute atomic E-state index is 13.6. The van der Waals surface area contributed by atoms with Gasteiger partial charge in [0.2, 0.25) is 10.0 Å². The van der Waals surface area contributed by atoms with Gasteiger partial charge in [-0.25, -0.2) is 21.9 Å². The van der Waals surface area contributed by atoms with E-state index < -0.39 is 38.3 Å². The number of benzene rings is 1. The molecule has 0 saturated heterocycles. The van der Waals surface area contributed by atoms with Gasteiger partial charge in [-0.3, -0.25) is 0 Å². The normalized spacial score (nSPS) is 23.8. The van der Waals surface area contributed by atoms with Gasteiger partial charge in [0.25, 0.3) is 0 Å². The van der Waals surface area contributed by atoms with Crippen LogP contribution in [0.2, 0.25) is 0 Å². The summed E-state index contributed by atoms with van der Waals surface area (Å²) in [5.74, 6) is -2.18. The summed E-state index contributed by atoms with van der Waals surface area (Å²) in [5.41, 5.74) is 4.85. The molecule has 0 aliphatic heterocycles. The van der Waals surface area contributed by atoms with Gasteiger partial charge in [-0.15, -0.1) is 0 Å². The molecule has 1 aromatic rings. The van der Waals surface area contributed by atoms with Crippen molar-refractivity contribution in [2.45, 2.75) is 42.7 Å². The average Bonchev–Trinajstić information content (AvgIpc) is 2.36. The lowest BCUT2D eigenvalue weighted by atomic mass is 9.94. The Balaban J connectivity index is 2.20. The minimum absolute atomic E-state index is 0.367. The van der Waals surface area contributed by atoms with Crippen LogP contribution in [0.5, 0.6) is 0 Å². The molecule has 1 aliphatic carbocycles. The summed E-state index contributed by atoms with van der Waals surface area (Å²) in [4.78, 5) is -0.664. The molecule has 8 heteroatoms. The Morgan fingerprint density at radius 3 is 2.35 bits per heavy atom. The first kappa shape index (κ1) is 15.1. The highest BCUT2D eigenvalue weighted by atomic mass is 32.2. The zero-order valence-electron chi connectivity index (χ0n) is 10.6. The first-order chi connectivity index (χ1) is 9.29. The standard InChI is InChI=1S/C12H16F2N2O3S/c13-9-5-10(14)12(6-11(9)15)20(18,19)16-7-1-3-8(17)4-2-7/h5-8,16-17H,1-4,15H2. The van der Waals surface area contributed by atoms with Gasteiger partial charge in [0.05, 0.1) is 11.8 Å². The van der Waals surface area contributed by atoms with Crippen LogP contribution in [-0.2, 0) is 10.0 Å². The number of aliphatic hydroxyl groups is 1. The van der Waals surface area contributed by atoms with E-state index in [2.05, 4.69) is 4.72 Å². The molecule has 0 aromatic heterocycles. The molecule has 0 atom stereocenters. The van der Waals surface area contributed by atoms with Crippen molar-refractivity contribution < 1.29 is 22.3 Å². The Kier molecular flexibility index (Phi) is 4.26. The molecule has 1 fully saturated rings. The lowest BCUT2D eigenvalue weighted by Gasteiger charge is -2.26. The molecule has 20 heavy (non-hydrogen) atoms. The largest absolute Gasteiger partial charge is 0.396 e. The number of nitrogens with one attached hydrogen (secondary N) is 1. The molecule has 0 unspecified atom stereocenters. The van der Waals surface area contributed by atoms with Gasteiger partial charge in [-0.1, -0.05) is 0 Å². The summed E-state index contributed by atoms with van der Waals surface area (Å²) in [6, 6.07) is 0.855. The van der Waals surface area contributed by atoms with Crippen molar-refractivity contribution in [3.8, 4) is 0 Å². The predicted octanol–water partition coefficient (Wildman–Crippen LogP) is 1.13. The molecule has 5 nitrogen and oxygen atoms in total. The van der Waals surface area contributed by atoms with E-state index in [1.165, 1.54) is 0 Å². The van der Waals surface area contributed by atoms with E-state index in [0.29, 0.717) is 31.7 Å². The number of hydrogen-bond donors (Lipinski definition) is 3.